The van der Waals surface area contributed by atoms with Crippen molar-refractivity contribution in [2.45, 2.75) is 51.4 Å². The fraction of sp³-hybridized carbons (Fsp3) is 0.733. The average Bonchev–Trinajstić information content (AvgIpc) is 2.80. The van der Waals surface area contributed by atoms with Crippen molar-refractivity contribution >= 4 is 38.3 Å². The highest BCUT2D eigenvalue weighted by atomic mass is 79.9. The SMILES string of the molecule is CCC(Br)C(=O)Nc1nc(C)c(CN2CCC(C)CC2)s1. The molecule has 0 aliphatic carbocycles. The minimum Gasteiger partial charge on any atom is -0.301 e. The van der Waals surface area contributed by atoms with Gasteiger partial charge in [0, 0.05) is 11.4 Å². The molecule has 0 radical (unpaired) electrons. The topological polar surface area (TPSA) is 45.2 Å². The third kappa shape index (κ3) is 4.76. The molecule has 1 amide bonds. The number of anilines is 1. The Morgan fingerprint density at radius 2 is 2.19 bits per heavy atom. The van der Waals surface area contributed by atoms with Crippen LogP contribution in [0.2, 0.25) is 0 Å². The molecule has 118 valence electrons. The normalized spacial score (nSPS) is 18.7. The van der Waals surface area contributed by atoms with Gasteiger partial charge in [-0.05, 0) is 45.2 Å². The van der Waals surface area contributed by atoms with Gasteiger partial charge < -0.3 is 5.32 Å². The first kappa shape index (κ1) is 16.9. The number of rotatable bonds is 5. The van der Waals surface area contributed by atoms with Gasteiger partial charge in [-0.1, -0.05) is 29.8 Å². The number of alkyl halides is 1. The summed E-state index contributed by atoms with van der Waals surface area (Å²) in [4.78, 5) is 20.0. The van der Waals surface area contributed by atoms with Crippen molar-refractivity contribution in [2.75, 3.05) is 18.4 Å². The lowest BCUT2D eigenvalue weighted by Crippen LogP contribution is -2.32. The first-order valence-electron chi connectivity index (χ1n) is 7.63. The Labute approximate surface area is 139 Å². The molecule has 1 aliphatic heterocycles. The predicted molar refractivity (Wildman–Crippen MR) is 92.2 cm³/mol. The van der Waals surface area contributed by atoms with Crippen LogP contribution in [-0.4, -0.2) is 33.7 Å². The largest absolute Gasteiger partial charge is 0.301 e. The van der Waals surface area contributed by atoms with E-state index in [9.17, 15) is 4.79 Å². The summed E-state index contributed by atoms with van der Waals surface area (Å²) in [6, 6.07) is 0. The molecule has 1 saturated heterocycles. The van der Waals surface area contributed by atoms with E-state index in [-0.39, 0.29) is 10.7 Å². The third-order valence-electron chi connectivity index (χ3n) is 4.01. The average molecular weight is 374 g/mol. The second kappa shape index (κ2) is 7.70. The molecule has 1 fully saturated rings. The minimum atomic E-state index is -0.145. The Morgan fingerprint density at radius 3 is 2.81 bits per heavy atom. The smallest absolute Gasteiger partial charge is 0.239 e. The van der Waals surface area contributed by atoms with E-state index in [2.05, 4.69) is 38.1 Å². The summed E-state index contributed by atoms with van der Waals surface area (Å²) >= 11 is 4.97. The van der Waals surface area contributed by atoms with Gasteiger partial charge in [0.2, 0.25) is 5.91 Å². The zero-order valence-electron chi connectivity index (χ0n) is 13.0. The Bertz CT molecular complexity index is 483. The van der Waals surface area contributed by atoms with Crippen LogP contribution in [0.25, 0.3) is 0 Å². The lowest BCUT2D eigenvalue weighted by molar-refractivity contribution is -0.115. The highest BCUT2D eigenvalue weighted by Crippen LogP contribution is 2.26. The number of nitrogens with one attached hydrogen (secondary N) is 1. The van der Waals surface area contributed by atoms with Crippen molar-refractivity contribution in [3.8, 4) is 0 Å². The molecule has 1 atom stereocenters. The van der Waals surface area contributed by atoms with E-state index in [1.807, 2.05) is 13.8 Å². The molecule has 21 heavy (non-hydrogen) atoms. The minimum absolute atomic E-state index is 0.00963. The molecule has 1 aromatic heterocycles. The molecule has 0 bridgehead atoms. The number of thiazole rings is 1. The fourth-order valence-electron chi connectivity index (χ4n) is 2.42. The number of halogens is 1. The van der Waals surface area contributed by atoms with Crippen LogP contribution < -0.4 is 5.32 Å². The molecule has 1 aliphatic rings. The van der Waals surface area contributed by atoms with E-state index in [0.717, 1.165) is 29.7 Å². The maximum atomic E-state index is 11.9. The predicted octanol–water partition coefficient (Wildman–Crippen LogP) is 3.80. The van der Waals surface area contributed by atoms with Crippen LogP contribution in [0.5, 0.6) is 0 Å². The number of hydrogen-bond donors (Lipinski definition) is 1. The number of carbonyl (C=O) groups is 1. The van der Waals surface area contributed by atoms with E-state index >= 15 is 0 Å². The molecule has 1 aromatic rings. The lowest BCUT2D eigenvalue weighted by atomic mass is 9.99. The van der Waals surface area contributed by atoms with Crippen LogP contribution in [0.3, 0.4) is 0 Å². The van der Waals surface area contributed by atoms with Crippen LogP contribution in [0.15, 0.2) is 0 Å². The quantitative estimate of drug-likeness (QED) is 0.798. The summed E-state index contributed by atoms with van der Waals surface area (Å²) < 4.78 is 0. The highest BCUT2D eigenvalue weighted by Gasteiger charge is 2.19. The van der Waals surface area contributed by atoms with Crippen LogP contribution in [0, 0.1) is 12.8 Å². The van der Waals surface area contributed by atoms with Crippen molar-refractivity contribution in [1.82, 2.24) is 9.88 Å². The summed E-state index contributed by atoms with van der Waals surface area (Å²) in [5, 5.41) is 3.62. The van der Waals surface area contributed by atoms with Gasteiger partial charge in [0.05, 0.1) is 10.5 Å². The van der Waals surface area contributed by atoms with Gasteiger partial charge >= 0.3 is 0 Å². The summed E-state index contributed by atoms with van der Waals surface area (Å²) in [6.45, 7) is 9.62. The molecule has 2 rings (SSSR count). The van der Waals surface area contributed by atoms with Crippen LogP contribution in [0.1, 0.15) is 43.7 Å². The number of piperidine rings is 1. The van der Waals surface area contributed by atoms with Gasteiger partial charge in [0.15, 0.2) is 5.13 Å². The number of aryl methyl sites for hydroxylation is 1. The van der Waals surface area contributed by atoms with Crippen LogP contribution in [0.4, 0.5) is 5.13 Å². The van der Waals surface area contributed by atoms with Crippen LogP contribution in [-0.2, 0) is 11.3 Å². The number of hydrogen-bond acceptors (Lipinski definition) is 4. The fourth-order valence-corrected chi connectivity index (χ4v) is 3.54. The molecule has 2 heterocycles. The molecule has 1 N–H and O–H groups in total. The zero-order chi connectivity index (χ0) is 15.4. The van der Waals surface area contributed by atoms with E-state index < -0.39 is 0 Å². The van der Waals surface area contributed by atoms with Gasteiger partial charge in [-0.25, -0.2) is 4.98 Å². The molecular formula is C15H24BrN3OS. The van der Waals surface area contributed by atoms with Gasteiger partial charge in [-0.15, -0.1) is 11.3 Å². The Balaban J connectivity index is 1.94. The summed E-state index contributed by atoms with van der Waals surface area (Å²) in [5.74, 6) is 0.841. The monoisotopic (exact) mass is 373 g/mol. The maximum absolute atomic E-state index is 11.9. The Kier molecular flexibility index (Phi) is 6.20. The Morgan fingerprint density at radius 1 is 1.52 bits per heavy atom. The molecule has 1 unspecified atom stereocenters. The standard InChI is InChI=1S/C15H24BrN3OS/c1-4-12(16)14(20)18-15-17-11(3)13(21-15)9-19-7-5-10(2)6-8-19/h10,12H,4-9H2,1-3H3,(H,17,18,20). The van der Waals surface area contributed by atoms with E-state index in [0.29, 0.717) is 0 Å². The van der Waals surface area contributed by atoms with Crippen molar-refractivity contribution in [3.63, 3.8) is 0 Å². The highest BCUT2D eigenvalue weighted by molar-refractivity contribution is 9.10. The second-order valence-corrected chi connectivity index (χ2v) is 8.04. The van der Waals surface area contributed by atoms with Crippen LogP contribution >= 0.6 is 27.3 Å². The summed E-state index contributed by atoms with van der Waals surface area (Å²) in [7, 11) is 0. The summed E-state index contributed by atoms with van der Waals surface area (Å²) in [6.07, 6.45) is 3.33. The Hall–Kier alpha value is -0.460. The van der Waals surface area contributed by atoms with Crippen molar-refractivity contribution in [2.24, 2.45) is 5.92 Å². The number of likely N-dealkylation sites (tertiary alicyclic amines) is 1. The first-order valence-corrected chi connectivity index (χ1v) is 9.36. The number of carbonyl (C=O) groups excluding carboxylic acids is 1. The lowest BCUT2D eigenvalue weighted by Gasteiger charge is -2.29. The molecule has 0 aromatic carbocycles. The van der Waals surface area contributed by atoms with Crippen molar-refractivity contribution < 1.29 is 4.79 Å². The number of aromatic nitrogens is 1. The van der Waals surface area contributed by atoms with Gasteiger partial charge in [0.1, 0.15) is 0 Å². The maximum Gasteiger partial charge on any atom is 0.239 e. The van der Waals surface area contributed by atoms with E-state index in [4.69, 9.17) is 0 Å². The third-order valence-corrected chi connectivity index (χ3v) is 6.13. The summed E-state index contributed by atoms with van der Waals surface area (Å²) in [5.41, 5.74) is 1.04. The molecule has 6 heteroatoms. The number of nitrogens with zero attached hydrogens (tertiary/aromatic N) is 2. The van der Waals surface area contributed by atoms with Gasteiger partial charge in [0.25, 0.3) is 0 Å². The van der Waals surface area contributed by atoms with Gasteiger partial charge in [-0.2, -0.15) is 0 Å². The second-order valence-electron chi connectivity index (χ2n) is 5.85. The van der Waals surface area contributed by atoms with Crippen molar-refractivity contribution in [3.05, 3.63) is 10.6 Å². The molecule has 0 spiro atoms. The molecule has 4 nitrogen and oxygen atoms in total. The van der Waals surface area contributed by atoms with E-state index in [1.54, 1.807) is 11.3 Å². The first-order chi connectivity index (χ1) is 9.99. The van der Waals surface area contributed by atoms with Gasteiger partial charge in [-0.3, -0.25) is 9.69 Å². The van der Waals surface area contributed by atoms with E-state index in [1.165, 1.54) is 30.8 Å². The molecular weight excluding hydrogens is 350 g/mol. The zero-order valence-corrected chi connectivity index (χ0v) is 15.4. The van der Waals surface area contributed by atoms with Crippen molar-refractivity contribution in [1.29, 1.82) is 0 Å². The number of amides is 1. The molecule has 0 saturated carbocycles.